The lowest BCUT2D eigenvalue weighted by Gasteiger charge is -2.15. The molecule has 0 saturated heterocycles. The smallest absolute Gasteiger partial charge is 0.273 e. The van der Waals surface area contributed by atoms with E-state index in [0.717, 1.165) is 0 Å². The monoisotopic (exact) mass is 229 g/mol. The lowest BCUT2D eigenvalue weighted by molar-refractivity contribution is 0.0738. The maximum atomic E-state index is 11.7. The minimum absolute atomic E-state index is 0.198. The second-order valence-electron chi connectivity index (χ2n) is 2.94. The predicted molar refractivity (Wildman–Crippen MR) is 55.9 cm³/mol. The van der Waals surface area contributed by atoms with Crippen LogP contribution in [0.25, 0.3) is 0 Å². The van der Waals surface area contributed by atoms with Crippen LogP contribution in [0.3, 0.4) is 0 Å². The van der Waals surface area contributed by atoms with Crippen molar-refractivity contribution < 1.29 is 9.53 Å². The quantitative estimate of drug-likeness (QED) is 0.768. The van der Waals surface area contributed by atoms with Crippen molar-refractivity contribution in [3.8, 4) is 0 Å². The largest absolute Gasteiger partial charge is 0.383 e. The second kappa shape index (κ2) is 5.63. The summed E-state index contributed by atoms with van der Waals surface area (Å²) in [6.07, 6.45) is 2.70. The van der Waals surface area contributed by atoms with E-state index >= 15 is 0 Å². The highest BCUT2D eigenvalue weighted by Crippen LogP contribution is 2.03. The number of aromatic nitrogens is 2. The molecule has 0 radical (unpaired) electrons. The van der Waals surface area contributed by atoms with E-state index in [1.807, 2.05) is 0 Å². The van der Waals surface area contributed by atoms with Crippen molar-refractivity contribution in [2.24, 2.45) is 0 Å². The molecule has 0 saturated carbocycles. The van der Waals surface area contributed by atoms with Gasteiger partial charge in [0.25, 0.3) is 5.91 Å². The summed E-state index contributed by atoms with van der Waals surface area (Å²) in [5.41, 5.74) is 0.276. The molecule has 0 fully saturated rings. The first-order chi connectivity index (χ1) is 7.15. The van der Waals surface area contributed by atoms with Crippen LogP contribution in [0.1, 0.15) is 10.5 Å². The minimum atomic E-state index is -0.198. The Morgan fingerprint density at radius 2 is 2.27 bits per heavy atom. The Morgan fingerprint density at radius 1 is 1.53 bits per heavy atom. The molecular formula is C9H12ClN3O2. The van der Waals surface area contributed by atoms with E-state index in [1.54, 1.807) is 14.2 Å². The summed E-state index contributed by atoms with van der Waals surface area (Å²) in [7, 11) is 3.26. The number of amides is 1. The number of nitrogens with zero attached hydrogens (tertiary/aromatic N) is 3. The Labute approximate surface area is 93.0 Å². The van der Waals surface area contributed by atoms with E-state index in [9.17, 15) is 4.79 Å². The van der Waals surface area contributed by atoms with Crippen molar-refractivity contribution >= 4 is 17.5 Å². The molecule has 0 aliphatic carbocycles. The Bertz CT molecular complexity index is 329. The van der Waals surface area contributed by atoms with Gasteiger partial charge in [-0.15, -0.1) is 0 Å². The van der Waals surface area contributed by atoms with Gasteiger partial charge in [0, 0.05) is 20.7 Å². The van der Waals surface area contributed by atoms with E-state index in [1.165, 1.54) is 17.3 Å². The Morgan fingerprint density at radius 3 is 2.80 bits per heavy atom. The number of carbonyl (C=O) groups is 1. The Kier molecular flexibility index (Phi) is 4.45. The molecule has 0 aromatic carbocycles. The van der Waals surface area contributed by atoms with Crippen LogP contribution >= 0.6 is 11.6 Å². The van der Waals surface area contributed by atoms with E-state index < -0.39 is 0 Å². The first kappa shape index (κ1) is 11.9. The van der Waals surface area contributed by atoms with E-state index in [4.69, 9.17) is 16.3 Å². The minimum Gasteiger partial charge on any atom is -0.383 e. The van der Waals surface area contributed by atoms with Crippen molar-refractivity contribution in [3.05, 3.63) is 23.2 Å². The molecular weight excluding hydrogens is 218 g/mol. The number of hydrogen-bond acceptors (Lipinski definition) is 4. The summed E-state index contributed by atoms with van der Waals surface area (Å²) in [4.78, 5) is 20.9. The summed E-state index contributed by atoms with van der Waals surface area (Å²) in [5, 5.41) is 0.270. The van der Waals surface area contributed by atoms with Crippen LogP contribution in [0.2, 0.25) is 5.15 Å². The van der Waals surface area contributed by atoms with Crippen molar-refractivity contribution in [1.29, 1.82) is 0 Å². The highest BCUT2D eigenvalue weighted by atomic mass is 35.5. The molecule has 1 amide bonds. The summed E-state index contributed by atoms with van der Waals surface area (Å²) in [5.74, 6) is -0.198. The molecule has 15 heavy (non-hydrogen) atoms. The molecule has 0 N–H and O–H groups in total. The van der Waals surface area contributed by atoms with Gasteiger partial charge in [-0.05, 0) is 0 Å². The van der Waals surface area contributed by atoms with Crippen LogP contribution in [0, 0.1) is 0 Å². The molecule has 1 rings (SSSR count). The molecule has 1 heterocycles. The van der Waals surface area contributed by atoms with Gasteiger partial charge < -0.3 is 9.64 Å². The molecule has 6 heteroatoms. The summed E-state index contributed by atoms with van der Waals surface area (Å²) >= 11 is 5.56. The van der Waals surface area contributed by atoms with Crippen LogP contribution < -0.4 is 0 Å². The Balaban J connectivity index is 2.63. The first-order valence-electron chi connectivity index (χ1n) is 4.37. The first-order valence-corrected chi connectivity index (χ1v) is 4.75. The zero-order valence-corrected chi connectivity index (χ0v) is 9.36. The van der Waals surface area contributed by atoms with Gasteiger partial charge in [-0.3, -0.25) is 4.79 Å². The van der Waals surface area contributed by atoms with Crippen LogP contribution in [-0.2, 0) is 4.74 Å². The molecule has 0 spiro atoms. The van der Waals surface area contributed by atoms with Crippen molar-refractivity contribution in [3.63, 3.8) is 0 Å². The molecule has 5 nitrogen and oxygen atoms in total. The molecule has 1 aromatic heterocycles. The third-order valence-corrected chi connectivity index (χ3v) is 2.01. The van der Waals surface area contributed by atoms with Crippen LogP contribution in [0.4, 0.5) is 0 Å². The number of methoxy groups -OCH3 is 1. The topological polar surface area (TPSA) is 55.3 Å². The molecule has 82 valence electrons. The van der Waals surface area contributed by atoms with E-state index in [0.29, 0.717) is 13.2 Å². The summed E-state index contributed by atoms with van der Waals surface area (Å²) in [6, 6.07) is 0. The maximum Gasteiger partial charge on any atom is 0.273 e. The lowest BCUT2D eigenvalue weighted by atomic mass is 10.4. The summed E-state index contributed by atoms with van der Waals surface area (Å²) < 4.78 is 4.87. The van der Waals surface area contributed by atoms with Gasteiger partial charge in [0.1, 0.15) is 10.8 Å². The maximum absolute atomic E-state index is 11.7. The van der Waals surface area contributed by atoms with Gasteiger partial charge >= 0.3 is 0 Å². The molecule has 0 unspecified atom stereocenters. The molecule has 0 bridgehead atoms. The average molecular weight is 230 g/mol. The fraction of sp³-hybridized carbons (Fsp3) is 0.444. The summed E-state index contributed by atoms with van der Waals surface area (Å²) in [6.45, 7) is 1.00. The van der Waals surface area contributed by atoms with Gasteiger partial charge in [0.2, 0.25) is 0 Å². The van der Waals surface area contributed by atoms with Gasteiger partial charge in [-0.2, -0.15) is 0 Å². The number of hydrogen-bond donors (Lipinski definition) is 0. The van der Waals surface area contributed by atoms with Crippen molar-refractivity contribution in [2.75, 3.05) is 27.3 Å². The van der Waals surface area contributed by atoms with Crippen LogP contribution in [0.5, 0.6) is 0 Å². The number of halogens is 1. The molecule has 0 aliphatic heterocycles. The molecule has 0 aliphatic rings. The van der Waals surface area contributed by atoms with Gasteiger partial charge in [-0.25, -0.2) is 9.97 Å². The van der Waals surface area contributed by atoms with Gasteiger partial charge in [0.15, 0.2) is 0 Å². The van der Waals surface area contributed by atoms with Gasteiger partial charge in [0.05, 0.1) is 19.0 Å². The average Bonchev–Trinajstić information content (AvgIpc) is 2.26. The fourth-order valence-corrected chi connectivity index (χ4v) is 1.05. The van der Waals surface area contributed by atoms with E-state index in [2.05, 4.69) is 9.97 Å². The molecule has 1 aromatic rings. The SMILES string of the molecule is COCCN(C)C(=O)c1cnc(Cl)cn1. The fourth-order valence-electron chi connectivity index (χ4n) is 0.948. The number of rotatable bonds is 4. The number of carbonyl (C=O) groups excluding carboxylic acids is 1. The van der Waals surface area contributed by atoms with Crippen LogP contribution in [0.15, 0.2) is 12.4 Å². The number of likely N-dealkylation sites (N-methyl/N-ethyl adjacent to an activating group) is 1. The lowest BCUT2D eigenvalue weighted by Crippen LogP contribution is -2.30. The number of ether oxygens (including phenoxy) is 1. The second-order valence-corrected chi connectivity index (χ2v) is 3.33. The third kappa shape index (κ3) is 3.45. The Hall–Kier alpha value is -1.20. The standard InChI is InChI=1S/C9H12ClN3O2/c1-13(3-4-15-2)9(14)7-5-12-8(10)6-11-7/h5-6H,3-4H2,1-2H3. The molecule has 0 atom stereocenters. The zero-order chi connectivity index (χ0) is 11.3. The highest BCUT2D eigenvalue weighted by Gasteiger charge is 2.12. The van der Waals surface area contributed by atoms with Crippen molar-refractivity contribution in [1.82, 2.24) is 14.9 Å². The highest BCUT2D eigenvalue weighted by molar-refractivity contribution is 6.29. The predicted octanol–water partition coefficient (Wildman–Crippen LogP) is 0.848. The van der Waals surface area contributed by atoms with Crippen LogP contribution in [-0.4, -0.2) is 48.1 Å². The zero-order valence-electron chi connectivity index (χ0n) is 8.61. The third-order valence-electron chi connectivity index (χ3n) is 1.82. The van der Waals surface area contributed by atoms with Crippen molar-refractivity contribution in [2.45, 2.75) is 0 Å². The van der Waals surface area contributed by atoms with E-state index in [-0.39, 0.29) is 16.8 Å². The van der Waals surface area contributed by atoms with Gasteiger partial charge in [-0.1, -0.05) is 11.6 Å². The normalized spacial score (nSPS) is 10.1.